The van der Waals surface area contributed by atoms with E-state index in [9.17, 15) is 13.6 Å². The number of ether oxygens (including phenoxy) is 1. The number of nitrogens with zero attached hydrogens (tertiary/aromatic N) is 2. The zero-order chi connectivity index (χ0) is 17.9. The zero-order valence-corrected chi connectivity index (χ0v) is 15.7. The molecule has 146 valence electrons. The molecule has 26 heavy (non-hydrogen) atoms. The molecule has 1 amide bonds. The van der Waals surface area contributed by atoms with Gasteiger partial charge in [0, 0.05) is 39.1 Å². The van der Waals surface area contributed by atoms with Crippen LogP contribution in [0.25, 0.3) is 0 Å². The molecular weight excluding hydrogens is 364 g/mol. The van der Waals surface area contributed by atoms with E-state index in [2.05, 4.69) is 10.2 Å². The summed E-state index contributed by atoms with van der Waals surface area (Å²) in [4.78, 5) is 16.5. The van der Waals surface area contributed by atoms with Crippen LogP contribution in [-0.2, 0) is 11.3 Å². The topological polar surface area (TPSA) is 44.8 Å². The van der Waals surface area contributed by atoms with Crippen LogP contribution in [-0.4, -0.2) is 67.5 Å². The first-order valence-electron chi connectivity index (χ1n) is 8.72. The van der Waals surface area contributed by atoms with Crippen molar-refractivity contribution in [3.05, 3.63) is 29.8 Å². The molecule has 3 rings (SSSR count). The number of hydrogen-bond acceptors (Lipinski definition) is 4. The maximum Gasteiger partial charge on any atom is 0.262 e. The molecule has 1 aromatic carbocycles. The van der Waals surface area contributed by atoms with E-state index >= 15 is 0 Å². The Balaban J connectivity index is 0.00000243. The Morgan fingerprint density at radius 1 is 1.23 bits per heavy atom. The third-order valence-electron chi connectivity index (χ3n) is 4.87. The highest BCUT2D eigenvalue weighted by Crippen LogP contribution is 2.26. The second kappa shape index (κ2) is 8.97. The second-order valence-electron chi connectivity index (χ2n) is 6.80. The molecule has 2 aliphatic rings. The first kappa shape index (κ1) is 20.9. The molecule has 1 unspecified atom stereocenters. The quantitative estimate of drug-likeness (QED) is 0.857. The molecule has 2 heterocycles. The Labute approximate surface area is 159 Å². The number of benzene rings is 1. The lowest BCUT2D eigenvalue weighted by atomic mass is 10.1. The van der Waals surface area contributed by atoms with Gasteiger partial charge >= 0.3 is 0 Å². The van der Waals surface area contributed by atoms with Crippen LogP contribution in [0.3, 0.4) is 0 Å². The summed E-state index contributed by atoms with van der Waals surface area (Å²) in [5, 5.41) is 2.66. The van der Waals surface area contributed by atoms with E-state index in [1.165, 1.54) is 5.56 Å². The normalized spacial score (nSPS) is 23.2. The fraction of sp³-hybridized carbons (Fsp3) is 0.611. The van der Waals surface area contributed by atoms with Gasteiger partial charge in [-0.15, -0.1) is 12.4 Å². The highest BCUT2D eigenvalue weighted by Gasteiger charge is 2.43. The number of nitrogens with one attached hydrogen (secondary N) is 1. The molecule has 2 fully saturated rings. The molecule has 0 radical (unpaired) electrons. The molecule has 0 saturated carbocycles. The minimum atomic E-state index is -2.77. The lowest BCUT2D eigenvalue weighted by Gasteiger charge is -2.24. The molecule has 0 aliphatic carbocycles. The van der Waals surface area contributed by atoms with Gasteiger partial charge in [-0.25, -0.2) is 8.78 Å². The number of amides is 1. The Morgan fingerprint density at radius 2 is 1.96 bits per heavy atom. The van der Waals surface area contributed by atoms with E-state index in [-0.39, 0.29) is 18.3 Å². The van der Waals surface area contributed by atoms with Gasteiger partial charge in [0.25, 0.3) is 5.92 Å². The molecule has 2 aliphatic heterocycles. The van der Waals surface area contributed by atoms with Gasteiger partial charge in [-0.1, -0.05) is 12.1 Å². The van der Waals surface area contributed by atoms with Gasteiger partial charge in [0.1, 0.15) is 5.75 Å². The first-order valence-corrected chi connectivity index (χ1v) is 8.72. The van der Waals surface area contributed by atoms with Crippen molar-refractivity contribution < 1.29 is 18.3 Å². The van der Waals surface area contributed by atoms with Gasteiger partial charge in [-0.2, -0.15) is 0 Å². The average Bonchev–Trinajstić information content (AvgIpc) is 2.81. The molecule has 1 N–H and O–H groups in total. The lowest BCUT2D eigenvalue weighted by Crippen LogP contribution is -2.45. The molecule has 0 bridgehead atoms. The van der Waals surface area contributed by atoms with E-state index in [0.29, 0.717) is 13.1 Å². The third-order valence-corrected chi connectivity index (χ3v) is 4.87. The predicted molar refractivity (Wildman–Crippen MR) is 98.1 cm³/mol. The van der Waals surface area contributed by atoms with Gasteiger partial charge in [0.05, 0.1) is 19.7 Å². The Bertz CT molecular complexity index is 601. The lowest BCUT2D eigenvalue weighted by molar-refractivity contribution is -0.133. The van der Waals surface area contributed by atoms with Crippen LogP contribution >= 0.6 is 12.4 Å². The molecule has 8 heteroatoms. The molecule has 0 aromatic heterocycles. The van der Waals surface area contributed by atoms with Gasteiger partial charge in [0.15, 0.2) is 0 Å². The molecule has 2 saturated heterocycles. The largest absolute Gasteiger partial charge is 0.497 e. The summed E-state index contributed by atoms with van der Waals surface area (Å²) < 4.78 is 31.8. The van der Waals surface area contributed by atoms with E-state index in [1.54, 1.807) is 12.0 Å². The molecule has 1 atom stereocenters. The smallest absolute Gasteiger partial charge is 0.262 e. The Kier molecular flexibility index (Phi) is 7.20. The Hall–Kier alpha value is -1.44. The SMILES string of the molecule is COc1ccc(CN2CCCN(C(=O)C3CC(F)(F)CN3)CC2)cc1.Cl. The van der Waals surface area contributed by atoms with Crippen molar-refractivity contribution in [2.45, 2.75) is 31.4 Å². The molecular formula is C18H26ClF2N3O2. The summed E-state index contributed by atoms with van der Waals surface area (Å²) in [5.74, 6) is -2.13. The van der Waals surface area contributed by atoms with Crippen molar-refractivity contribution >= 4 is 18.3 Å². The predicted octanol–water partition coefficient (Wildman–Crippen LogP) is 2.15. The summed E-state index contributed by atoms with van der Waals surface area (Å²) >= 11 is 0. The van der Waals surface area contributed by atoms with Crippen molar-refractivity contribution in [1.29, 1.82) is 0 Å². The molecule has 5 nitrogen and oxygen atoms in total. The van der Waals surface area contributed by atoms with Gasteiger partial charge in [-0.3, -0.25) is 15.0 Å². The monoisotopic (exact) mass is 389 g/mol. The fourth-order valence-corrected chi connectivity index (χ4v) is 3.45. The maximum absolute atomic E-state index is 13.3. The van der Waals surface area contributed by atoms with Crippen LogP contribution in [0.4, 0.5) is 8.78 Å². The first-order chi connectivity index (χ1) is 12.0. The van der Waals surface area contributed by atoms with Crippen molar-refractivity contribution in [2.75, 3.05) is 39.8 Å². The van der Waals surface area contributed by atoms with Crippen molar-refractivity contribution in [3.8, 4) is 5.75 Å². The van der Waals surface area contributed by atoms with E-state index in [1.807, 2.05) is 24.3 Å². The Morgan fingerprint density at radius 3 is 2.58 bits per heavy atom. The van der Waals surface area contributed by atoms with Crippen LogP contribution < -0.4 is 10.1 Å². The number of methoxy groups -OCH3 is 1. The van der Waals surface area contributed by atoms with Gasteiger partial charge in [0.2, 0.25) is 5.91 Å². The third kappa shape index (κ3) is 5.28. The van der Waals surface area contributed by atoms with E-state index < -0.39 is 24.9 Å². The highest BCUT2D eigenvalue weighted by atomic mass is 35.5. The van der Waals surface area contributed by atoms with E-state index in [4.69, 9.17) is 4.74 Å². The van der Waals surface area contributed by atoms with Crippen LogP contribution in [0, 0.1) is 0 Å². The standard InChI is InChI=1S/C18H25F2N3O2.ClH/c1-25-15-5-3-14(4-6-15)12-22-7-2-8-23(10-9-22)17(24)16-11-18(19,20)13-21-16;/h3-6,16,21H,2,7-13H2,1H3;1H. The van der Waals surface area contributed by atoms with Crippen molar-refractivity contribution in [3.63, 3.8) is 0 Å². The zero-order valence-electron chi connectivity index (χ0n) is 14.9. The van der Waals surface area contributed by atoms with Crippen molar-refractivity contribution in [2.24, 2.45) is 0 Å². The highest BCUT2D eigenvalue weighted by molar-refractivity contribution is 5.85. The fourth-order valence-electron chi connectivity index (χ4n) is 3.45. The summed E-state index contributed by atoms with van der Waals surface area (Å²) in [7, 11) is 1.64. The van der Waals surface area contributed by atoms with Crippen LogP contribution in [0.5, 0.6) is 5.75 Å². The molecule has 0 spiro atoms. The summed E-state index contributed by atoms with van der Waals surface area (Å²) in [5.41, 5.74) is 1.19. The summed E-state index contributed by atoms with van der Waals surface area (Å²) in [6.07, 6.45) is 0.461. The van der Waals surface area contributed by atoms with E-state index in [0.717, 1.165) is 31.8 Å². The number of alkyl halides is 2. The maximum atomic E-state index is 13.3. The van der Waals surface area contributed by atoms with Crippen LogP contribution in [0.15, 0.2) is 24.3 Å². The second-order valence-corrected chi connectivity index (χ2v) is 6.80. The average molecular weight is 390 g/mol. The van der Waals surface area contributed by atoms with Crippen LogP contribution in [0.1, 0.15) is 18.4 Å². The summed E-state index contributed by atoms with van der Waals surface area (Å²) in [6.45, 7) is 3.26. The van der Waals surface area contributed by atoms with Crippen LogP contribution in [0.2, 0.25) is 0 Å². The number of carbonyl (C=O) groups is 1. The van der Waals surface area contributed by atoms with Gasteiger partial charge in [-0.05, 0) is 24.1 Å². The van der Waals surface area contributed by atoms with Crippen molar-refractivity contribution in [1.82, 2.24) is 15.1 Å². The number of rotatable bonds is 4. The van der Waals surface area contributed by atoms with Gasteiger partial charge < -0.3 is 9.64 Å². The number of carbonyl (C=O) groups excluding carboxylic acids is 1. The summed E-state index contributed by atoms with van der Waals surface area (Å²) in [6, 6.07) is 7.21. The number of halogens is 3. The minimum Gasteiger partial charge on any atom is -0.497 e. The molecule has 1 aromatic rings. The number of hydrogen-bond donors (Lipinski definition) is 1. The minimum absolute atomic E-state index is 0.